The van der Waals surface area contributed by atoms with Gasteiger partial charge in [-0.15, -0.1) is 0 Å². The fourth-order valence-corrected chi connectivity index (χ4v) is 4.63. The summed E-state index contributed by atoms with van der Waals surface area (Å²) in [6.07, 6.45) is 7.95. The summed E-state index contributed by atoms with van der Waals surface area (Å²) in [5, 5.41) is 0. The molecule has 1 saturated carbocycles. The molecule has 1 saturated heterocycles. The first kappa shape index (κ1) is 18.3. The smallest absolute Gasteiger partial charge is 0.227 e. The van der Waals surface area contributed by atoms with Crippen molar-refractivity contribution in [1.82, 2.24) is 9.80 Å². The van der Waals surface area contributed by atoms with Crippen molar-refractivity contribution in [3.05, 3.63) is 29.3 Å². The van der Waals surface area contributed by atoms with Crippen molar-refractivity contribution in [2.24, 2.45) is 5.92 Å². The first-order valence-electron chi connectivity index (χ1n) is 10.5. The van der Waals surface area contributed by atoms with Crippen LogP contribution < -0.4 is 4.74 Å². The van der Waals surface area contributed by atoms with Gasteiger partial charge in [0.05, 0.1) is 13.0 Å². The molecular weight excluding hydrogens is 340 g/mol. The van der Waals surface area contributed by atoms with Gasteiger partial charge in [0.25, 0.3) is 0 Å². The lowest BCUT2D eigenvalue weighted by molar-refractivity contribution is -0.137. The van der Waals surface area contributed by atoms with Crippen molar-refractivity contribution in [2.45, 2.75) is 51.4 Å². The Morgan fingerprint density at radius 2 is 1.74 bits per heavy atom. The van der Waals surface area contributed by atoms with Gasteiger partial charge in [-0.05, 0) is 36.5 Å². The molecule has 2 heterocycles. The Labute approximate surface area is 161 Å². The second-order valence-electron chi connectivity index (χ2n) is 8.11. The molecule has 0 unspecified atom stereocenters. The van der Waals surface area contributed by atoms with Crippen LogP contribution in [0, 0.1) is 5.92 Å². The van der Waals surface area contributed by atoms with Crippen molar-refractivity contribution < 1.29 is 14.3 Å². The maximum absolute atomic E-state index is 12.8. The van der Waals surface area contributed by atoms with Crippen LogP contribution in [0.25, 0.3) is 0 Å². The molecule has 0 atom stereocenters. The van der Waals surface area contributed by atoms with E-state index in [1.165, 1.54) is 24.8 Å². The van der Waals surface area contributed by atoms with E-state index in [4.69, 9.17) is 4.74 Å². The minimum Gasteiger partial charge on any atom is -0.493 e. The van der Waals surface area contributed by atoms with E-state index in [2.05, 4.69) is 6.07 Å². The van der Waals surface area contributed by atoms with Gasteiger partial charge >= 0.3 is 0 Å². The van der Waals surface area contributed by atoms with E-state index >= 15 is 0 Å². The minimum atomic E-state index is 0.167. The fourth-order valence-electron chi connectivity index (χ4n) is 4.63. The van der Waals surface area contributed by atoms with Crippen molar-refractivity contribution in [3.63, 3.8) is 0 Å². The number of benzene rings is 1. The standard InChI is InChI=1S/C22H30N2O3/c25-21(16-17-7-8-20-19(15-17)9-14-27-20)23-10-4-11-24(13-12-23)22(26)18-5-2-1-3-6-18/h7-8,15,18H,1-6,9-14,16H2. The van der Waals surface area contributed by atoms with Crippen LogP contribution in [0.3, 0.4) is 0 Å². The third-order valence-corrected chi connectivity index (χ3v) is 6.22. The normalized spacial score (nSPS) is 20.7. The Morgan fingerprint density at radius 1 is 0.963 bits per heavy atom. The molecule has 5 heteroatoms. The molecule has 3 aliphatic rings. The number of amides is 2. The SMILES string of the molecule is O=C(Cc1ccc2c(c1)CCO2)N1CCCN(C(=O)C2CCCCC2)CC1. The summed E-state index contributed by atoms with van der Waals surface area (Å²) in [6.45, 7) is 3.62. The molecule has 0 spiro atoms. The van der Waals surface area contributed by atoms with Crippen LogP contribution in [0.2, 0.25) is 0 Å². The van der Waals surface area contributed by atoms with Crippen molar-refractivity contribution in [2.75, 3.05) is 32.8 Å². The van der Waals surface area contributed by atoms with E-state index in [0.717, 1.165) is 56.7 Å². The fraction of sp³-hybridized carbons (Fsp3) is 0.636. The summed E-state index contributed by atoms with van der Waals surface area (Å²) >= 11 is 0. The lowest BCUT2D eigenvalue weighted by Gasteiger charge is -2.28. The molecule has 2 amide bonds. The molecule has 0 aromatic heterocycles. The summed E-state index contributed by atoms with van der Waals surface area (Å²) < 4.78 is 5.54. The van der Waals surface area contributed by atoms with Crippen molar-refractivity contribution >= 4 is 11.8 Å². The van der Waals surface area contributed by atoms with E-state index in [1.54, 1.807) is 0 Å². The van der Waals surface area contributed by atoms with Crippen LogP contribution in [0.1, 0.15) is 49.7 Å². The summed E-state index contributed by atoms with van der Waals surface area (Å²) in [5.41, 5.74) is 2.27. The topological polar surface area (TPSA) is 49.9 Å². The second kappa shape index (κ2) is 8.32. The van der Waals surface area contributed by atoms with E-state index in [1.807, 2.05) is 21.9 Å². The van der Waals surface area contributed by atoms with Gasteiger partial charge < -0.3 is 14.5 Å². The van der Waals surface area contributed by atoms with E-state index < -0.39 is 0 Å². The van der Waals surface area contributed by atoms with Gasteiger partial charge in [-0.25, -0.2) is 0 Å². The number of carbonyl (C=O) groups excluding carboxylic acids is 2. The molecule has 2 aliphatic heterocycles. The van der Waals surface area contributed by atoms with Gasteiger partial charge in [0.1, 0.15) is 5.75 Å². The van der Waals surface area contributed by atoms with Crippen LogP contribution in [0.15, 0.2) is 18.2 Å². The van der Waals surface area contributed by atoms with Gasteiger partial charge in [-0.1, -0.05) is 31.4 Å². The summed E-state index contributed by atoms with van der Waals surface area (Å²) in [6, 6.07) is 6.09. The molecule has 0 N–H and O–H groups in total. The highest BCUT2D eigenvalue weighted by molar-refractivity contribution is 5.80. The number of nitrogens with zero attached hydrogens (tertiary/aromatic N) is 2. The number of hydrogen-bond acceptors (Lipinski definition) is 3. The van der Waals surface area contributed by atoms with Gasteiger partial charge in [0.2, 0.25) is 11.8 Å². The zero-order chi connectivity index (χ0) is 18.6. The van der Waals surface area contributed by atoms with Crippen molar-refractivity contribution in [3.8, 4) is 5.75 Å². The highest BCUT2D eigenvalue weighted by Crippen LogP contribution is 2.27. The average molecular weight is 370 g/mol. The number of rotatable bonds is 3. The second-order valence-corrected chi connectivity index (χ2v) is 8.11. The monoisotopic (exact) mass is 370 g/mol. The summed E-state index contributed by atoms with van der Waals surface area (Å²) in [4.78, 5) is 29.5. The molecule has 1 aliphatic carbocycles. The lowest BCUT2D eigenvalue weighted by atomic mass is 9.88. The third-order valence-electron chi connectivity index (χ3n) is 6.22. The summed E-state index contributed by atoms with van der Waals surface area (Å²) in [7, 11) is 0. The molecule has 1 aromatic rings. The number of hydrogen-bond donors (Lipinski definition) is 0. The molecular formula is C22H30N2O3. The molecule has 0 radical (unpaired) electrons. The largest absolute Gasteiger partial charge is 0.493 e. The van der Waals surface area contributed by atoms with Crippen LogP contribution in [0.4, 0.5) is 0 Å². The first-order valence-corrected chi connectivity index (χ1v) is 10.5. The van der Waals surface area contributed by atoms with Crippen LogP contribution >= 0.6 is 0 Å². The molecule has 146 valence electrons. The van der Waals surface area contributed by atoms with E-state index in [0.29, 0.717) is 25.4 Å². The molecule has 4 rings (SSSR count). The lowest BCUT2D eigenvalue weighted by Crippen LogP contribution is -2.40. The Bertz CT molecular complexity index is 697. The van der Waals surface area contributed by atoms with Crippen LogP contribution in [0.5, 0.6) is 5.75 Å². The number of carbonyl (C=O) groups is 2. The molecule has 1 aromatic carbocycles. The molecule has 0 bridgehead atoms. The maximum atomic E-state index is 12.8. The third kappa shape index (κ3) is 4.28. The molecule has 27 heavy (non-hydrogen) atoms. The highest BCUT2D eigenvalue weighted by atomic mass is 16.5. The quantitative estimate of drug-likeness (QED) is 0.822. The Balaban J connectivity index is 1.32. The predicted octanol–water partition coefficient (Wildman–Crippen LogP) is 2.81. The average Bonchev–Trinajstić information content (AvgIpc) is 3.02. The van der Waals surface area contributed by atoms with Crippen LogP contribution in [-0.4, -0.2) is 54.4 Å². The summed E-state index contributed by atoms with van der Waals surface area (Å²) in [5.74, 6) is 1.66. The number of fused-ring (bicyclic) bond motifs is 1. The highest BCUT2D eigenvalue weighted by Gasteiger charge is 2.28. The van der Waals surface area contributed by atoms with Gasteiger partial charge in [-0.2, -0.15) is 0 Å². The van der Waals surface area contributed by atoms with Gasteiger partial charge in [0.15, 0.2) is 0 Å². The number of ether oxygens (including phenoxy) is 1. The van der Waals surface area contributed by atoms with E-state index in [-0.39, 0.29) is 11.8 Å². The van der Waals surface area contributed by atoms with E-state index in [9.17, 15) is 9.59 Å². The molecule has 5 nitrogen and oxygen atoms in total. The maximum Gasteiger partial charge on any atom is 0.227 e. The first-order chi connectivity index (χ1) is 13.2. The zero-order valence-electron chi connectivity index (χ0n) is 16.1. The van der Waals surface area contributed by atoms with Gasteiger partial charge in [-0.3, -0.25) is 9.59 Å². The molecule has 2 fully saturated rings. The Kier molecular flexibility index (Phi) is 5.65. The zero-order valence-corrected chi connectivity index (χ0v) is 16.1. The predicted molar refractivity (Wildman–Crippen MR) is 104 cm³/mol. The Hall–Kier alpha value is -2.04. The minimum absolute atomic E-state index is 0.167. The van der Waals surface area contributed by atoms with Crippen LogP contribution in [-0.2, 0) is 22.4 Å². The van der Waals surface area contributed by atoms with Crippen molar-refractivity contribution in [1.29, 1.82) is 0 Å². The van der Waals surface area contributed by atoms with Gasteiger partial charge in [0, 0.05) is 38.5 Å². The Morgan fingerprint density at radius 3 is 2.59 bits per heavy atom.